The summed E-state index contributed by atoms with van der Waals surface area (Å²) >= 11 is 11.8. The molecule has 1 aliphatic carbocycles. The van der Waals surface area contributed by atoms with Crippen LogP contribution in [-0.2, 0) is 10.0 Å². The number of sulfonamides is 1. The van der Waals surface area contributed by atoms with Crippen LogP contribution in [0.2, 0.25) is 10.0 Å². The summed E-state index contributed by atoms with van der Waals surface area (Å²) in [4.78, 5) is -0.0282. The van der Waals surface area contributed by atoms with Gasteiger partial charge in [-0.1, -0.05) is 35.7 Å². The van der Waals surface area contributed by atoms with Crippen molar-refractivity contribution in [1.29, 1.82) is 0 Å². The Morgan fingerprint density at radius 1 is 1.28 bits per heavy atom. The zero-order chi connectivity index (χ0) is 13.3. The smallest absolute Gasteiger partial charge is 0.208 e. The van der Waals surface area contributed by atoms with Crippen molar-refractivity contribution in [3.05, 3.63) is 28.2 Å². The van der Waals surface area contributed by atoms with Crippen LogP contribution in [0.25, 0.3) is 0 Å². The minimum absolute atomic E-state index is 0.0282. The molecule has 0 saturated heterocycles. The van der Waals surface area contributed by atoms with Crippen molar-refractivity contribution in [2.75, 3.05) is 0 Å². The third kappa shape index (κ3) is 2.82. The molecule has 6 heteroatoms. The van der Waals surface area contributed by atoms with Crippen LogP contribution in [0.4, 0.5) is 0 Å². The number of hydrogen-bond donors (Lipinski definition) is 1. The van der Waals surface area contributed by atoms with Crippen molar-refractivity contribution in [2.24, 2.45) is 5.92 Å². The van der Waals surface area contributed by atoms with E-state index in [0.29, 0.717) is 5.92 Å². The summed E-state index contributed by atoms with van der Waals surface area (Å²) in [5.74, 6) is 0.418. The molecule has 1 aliphatic rings. The standard InChI is InChI=1S/C12H15Cl2NO2S/c1-8(9-4-2-5-9)15-18(16,17)12-10(13)6-3-7-11(12)14/h3,6-9,15H,2,4-5H2,1H3/t8-/m1/s1. The molecule has 0 amide bonds. The summed E-state index contributed by atoms with van der Waals surface area (Å²) in [6.45, 7) is 1.88. The van der Waals surface area contributed by atoms with Gasteiger partial charge in [0.15, 0.2) is 0 Å². The molecule has 3 nitrogen and oxygen atoms in total. The number of nitrogens with one attached hydrogen (secondary N) is 1. The molecule has 1 atom stereocenters. The van der Waals surface area contributed by atoms with Gasteiger partial charge in [-0.15, -0.1) is 0 Å². The molecule has 0 aromatic heterocycles. The summed E-state index contributed by atoms with van der Waals surface area (Å²) in [5.41, 5.74) is 0. The first-order valence-electron chi connectivity index (χ1n) is 5.88. The van der Waals surface area contributed by atoms with Crippen LogP contribution in [0.1, 0.15) is 26.2 Å². The predicted octanol–water partition coefficient (Wildman–Crippen LogP) is 3.46. The van der Waals surface area contributed by atoms with Gasteiger partial charge in [0.2, 0.25) is 10.0 Å². The highest BCUT2D eigenvalue weighted by Gasteiger charge is 2.29. The molecule has 1 N–H and O–H groups in total. The maximum atomic E-state index is 12.2. The fourth-order valence-corrected chi connectivity index (χ4v) is 4.54. The zero-order valence-corrected chi connectivity index (χ0v) is 12.3. The van der Waals surface area contributed by atoms with Crippen molar-refractivity contribution < 1.29 is 8.42 Å². The summed E-state index contributed by atoms with van der Waals surface area (Å²) in [5, 5.41) is 0.298. The van der Waals surface area contributed by atoms with Crippen LogP contribution >= 0.6 is 23.2 Å². The van der Waals surface area contributed by atoms with Crippen LogP contribution < -0.4 is 4.72 Å². The maximum Gasteiger partial charge on any atom is 0.243 e. The molecule has 0 radical (unpaired) electrons. The summed E-state index contributed by atoms with van der Waals surface area (Å²) in [6.07, 6.45) is 3.31. The number of benzene rings is 1. The van der Waals surface area contributed by atoms with Gasteiger partial charge in [-0.05, 0) is 37.8 Å². The summed E-state index contributed by atoms with van der Waals surface area (Å²) in [7, 11) is -3.66. The van der Waals surface area contributed by atoms with Crippen molar-refractivity contribution in [1.82, 2.24) is 4.72 Å². The van der Waals surface area contributed by atoms with E-state index in [2.05, 4.69) is 4.72 Å². The Bertz CT molecular complexity index is 521. The predicted molar refractivity (Wildman–Crippen MR) is 73.6 cm³/mol. The molecule has 1 aromatic carbocycles. The number of hydrogen-bond acceptors (Lipinski definition) is 2. The van der Waals surface area contributed by atoms with Gasteiger partial charge in [0.25, 0.3) is 0 Å². The van der Waals surface area contributed by atoms with Crippen LogP contribution in [-0.4, -0.2) is 14.5 Å². The molecule has 1 fully saturated rings. The first-order valence-corrected chi connectivity index (χ1v) is 8.12. The third-order valence-electron chi connectivity index (χ3n) is 3.39. The molecule has 1 aromatic rings. The Balaban J connectivity index is 2.25. The third-order valence-corrected chi connectivity index (χ3v) is 5.90. The first kappa shape index (κ1) is 14.1. The zero-order valence-electron chi connectivity index (χ0n) is 9.99. The van der Waals surface area contributed by atoms with Crippen molar-refractivity contribution >= 4 is 33.2 Å². The Kier molecular flexibility index (Phi) is 4.22. The second kappa shape index (κ2) is 5.37. The average molecular weight is 308 g/mol. The largest absolute Gasteiger partial charge is 0.243 e. The lowest BCUT2D eigenvalue weighted by Gasteiger charge is -2.31. The summed E-state index contributed by atoms with van der Waals surface area (Å²) in [6, 6.07) is 4.58. The van der Waals surface area contributed by atoms with Gasteiger partial charge < -0.3 is 0 Å². The lowest BCUT2D eigenvalue weighted by atomic mass is 9.81. The van der Waals surface area contributed by atoms with Crippen LogP contribution in [0, 0.1) is 5.92 Å². The molecular formula is C12H15Cl2NO2S. The molecule has 0 heterocycles. The Morgan fingerprint density at radius 3 is 2.28 bits per heavy atom. The van der Waals surface area contributed by atoms with E-state index in [0.717, 1.165) is 12.8 Å². The van der Waals surface area contributed by atoms with Gasteiger partial charge in [0, 0.05) is 6.04 Å². The van der Waals surface area contributed by atoms with Gasteiger partial charge >= 0.3 is 0 Å². The molecule has 0 spiro atoms. The molecule has 1 saturated carbocycles. The van der Waals surface area contributed by atoms with E-state index >= 15 is 0 Å². The fourth-order valence-electron chi connectivity index (χ4n) is 2.08. The maximum absolute atomic E-state index is 12.2. The lowest BCUT2D eigenvalue weighted by molar-refractivity contribution is 0.260. The van der Waals surface area contributed by atoms with Crippen LogP contribution in [0.5, 0.6) is 0 Å². The monoisotopic (exact) mass is 307 g/mol. The molecule has 2 rings (SSSR count). The normalized spacial score (nSPS) is 18.4. The van der Waals surface area contributed by atoms with Gasteiger partial charge in [0.05, 0.1) is 10.0 Å². The van der Waals surface area contributed by atoms with E-state index in [1.165, 1.54) is 18.6 Å². The first-order chi connectivity index (χ1) is 8.42. The SMILES string of the molecule is C[C@@H](NS(=O)(=O)c1c(Cl)cccc1Cl)C1CCC1. The topological polar surface area (TPSA) is 46.2 Å². The lowest BCUT2D eigenvalue weighted by Crippen LogP contribution is -2.40. The highest BCUT2D eigenvalue weighted by atomic mass is 35.5. The minimum Gasteiger partial charge on any atom is -0.208 e. The van der Waals surface area contributed by atoms with Gasteiger partial charge in [0.1, 0.15) is 4.90 Å². The van der Waals surface area contributed by atoms with E-state index in [4.69, 9.17) is 23.2 Å². The van der Waals surface area contributed by atoms with E-state index in [-0.39, 0.29) is 21.0 Å². The van der Waals surface area contributed by atoms with E-state index in [1.54, 1.807) is 6.07 Å². The Hall–Kier alpha value is -0.290. The molecule has 0 aliphatic heterocycles. The summed E-state index contributed by atoms with van der Waals surface area (Å²) < 4.78 is 27.2. The van der Waals surface area contributed by atoms with E-state index in [1.807, 2.05) is 6.92 Å². The second-order valence-corrected chi connectivity index (χ2v) is 7.12. The Morgan fingerprint density at radius 2 is 1.83 bits per heavy atom. The Labute approximate surface area is 118 Å². The van der Waals surface area contributed by atoms with Crippen LogP contribution in [0.3, 0.4) is 0 Å². The number of rotatable bonds is 4. The van der Waals surface area contributed by atoms with E-state index < -0.39 is 10.0 Å². The van der Waals surface area contributed by atoms with Gasteiger partial charge in [-0.3, -0.25) is 0 Å². The molecule has 100 valence electrons. The van der Waals surface area contributed by atoms with Gasteiger partial charge in [-0.2, -0.15) is 0 Å². The minimum atomic E-state index is -3.66. The molecule has 0 unspecified atom stereocenters. The quantitative estimate of drug-likeness (QED) is 0.926. The van der Waals surface area contributed by atoms with Gasteiger partial charge in [-0.25, -0.2) is 13.1 Å². The highest BCUT2D eigenvalue weighted by molar-refractivity contribution is 7.89. The molecule has 0 bridgehead atoms. The second-order valence-electron chi connectivity index (χ2n) is 4.65. The van der Waals surface area contributed by atoms with Crippen molar-refractivity contribution in [2.45, 2.75) is 37.1 Å². The highest BCUT2D eigenvalue weighted by Crippen LogP contribution is 2.32. The fraction of sp³-hybridized carbons (Fsp3) is 0.500. The van der Waals surface area contributed by atoms with E-state index in [9.17, 15) is 8.42 Å². The molecular weight excluding hydrogens is 293 g/mol. The van der Waals surface area contributed by atoms with Crippen molar-refractivity contribution in [3.63, 3.8) is 0 Å². The number of halogens is 2. The van der Waals surface area contributed by atoms with Crippen molar-refractivity contribution in [3.8, 4) is 0 Å². The average Bonchev–Trinajstić information content (AvgIpc) is 2.11. The van der Waals surface area contributed by atoms with Crippen LogP contribution in [0.15, 0.2) is 23.1 Å². The molecule has 18 heavy (non-hydrogen) atoms.